The summed E-state index contributed by atoms with van der Waals surface area (Å²) >= 11 is 0. The molecule has 2 aromatic carbocycles. The minimum Gasteiger partial charge on any atom is -0.481 e. The van der Waals surface area contributed by atoms with Crippen LogP contribution in [0.2, 0.25) is 0 Å². The van der Waals surface area contributed by atoms with E-state index in [-0.39, 0.29) is 12.0 Å². The summed E-state index contributed by atoms with van der Waals surface area (Å²) in [6.07, 6.45) is 4.17. The van der Waals surface area contributed by atoms with Crippen molar-refractivity contribution in [2.45, 2.75) is 31.7 Å². The molecule has 0 radical (unpaired) electrons. The van der Waals surface area contributed by atoms with Gasteiger partial charge in [0, 0.05) is 16.5 Å². The third-order valence-electron chi connectivity index (χ3n) is 6.95. The van der Waals surface area contributed by atoms with Crippen LogP contribution in [0.1, 0.15) is 31.7 Å². The molecule has 0 aliphatic heterocycles. The van der Waals surface area contributed by atoms with E-state index in [4.69, 9.17) is 15.8 Å². The van der Waals surface area contributed by atoms with Crippen molar-refractivity contribution in [1.29, 1.82) is 0 Å². The molecule has 8 nitrogen and oxygen atoms in total. The number of anilines is 1. The van der Waals surface area contributed by atoms with Crippen molar-refractivity contribution in [1.82, 2.24) is 24.7 Å². The van der Waals surface area contributed by atoms with E-state index in [1.54, 1.807) is 0 Å². The number of carbonyl (C=O) groups is 1. The van der Waals surface area contributed by atoms with Gasteiger partial charge in [-0.25, -0.2) is 19.6 Å². The summed E-state index contributed by atoms with van der Waals surface area (Å²) in [5, 5.41) is 16.1. The van der Waals surface area contributed by atoms with E-state index in [0.717, 1.165) is 40.6 Å². The molecule has 35 heavy (non-hydrogen) atoms. The highest BCUT2D eigenvalue weighted by atomic mass is 16.4. The number of nitrogens with zero attached hydrogens (tertiary/aromatic N) is 5. The summed E-state index contributed by atoms with van der Waals surface area (Å²) in [6.45, 7) is 0. The number of aromatic nitrogens is 5. The molecule has 1 fully saturated rings. The van der Waals surface area contributed by atoms with Crippen molar-refractivity contribution in [3.63, 3.8) is 0 Å². The summed E-state index contributed by atoms with van der Waals surface area (Å²) in [7, 11) is 0. The van der Waals surface area contributed by atoms with Gasteiger partial charge in [-0.05, 0) is 37.8 Å². The van der Waals surface area contributed by atoms with Gasteiger partial charge in [-0.3, -0.25) is 4.79 Å². The van der Waals surface area contributed by atoms with Crippen molar-refractivity contribution in [3.8, 4) is 22.5 Å². The number of carboxylic acid groups (broad SMARTS) is 1. The van der Waals surface area contributed by atoms with Gasteiger partial charge >= 0.3 is 5.97 Å². The molecule has 5 aromatic rings. The van der Waals surface area contributed by atoms with Crippen LogP contribution in [-0.2, 0) is 4.79 Å². The molecule has 3 N–H and O–H groups in total. The Bertz CT molecular complexity index is 1550. The number of hydrogen-bond acceptors (Lipinski definition) is 6. The van der Waals surface area contributed by atoms with Crippen LogP contribution in [0.4, 0.5) is 5.82 Å². The van der Waals surface area contributed by atoms with Crippen LogP contribution in [0.15, 0.2) is 67.0 Å². The molecule has 174 valence electrons. The molecule has 0 amide bonds. The van der Waals surface area contributed by atoms with Crippen molar-refractivity contribution in [3.05, 3.63) is 67.0 Å². The Morgan fingerprint density at radius 1 is 0.943 bits per heavy atom. The molecule has 3 aromatic heterocycles. The summed E-state index contributed by atoms with van der Waals surface area (Å²) in [6, 6.07) is 20.3. The normalized spacial score (nSPS) is 18.2. The summed E-state index contributed by atoms with van der Waals surface area (Å²) < 4.78 is 1.92. The first-order valence-corrected chi connectivity index (χ1v) is 11.8. The van der Waals surface area contributed by atoms with Gasteiger partial charge in [-0.2, -0.15) is 5.10 Å². The highest BCUT2D eigenvalue weighted by molar-refractivity contribution is 6.00. The first-order chi connectivity index (χ1) is 17.1. The summed E-state index contributed by atoms with van der Waals surface area (Å²) in [5.74, 6) is -0.640. The second-order valence-electron chi connectivity index (χ2n) is 9.06. The maximum atomic E-state index is 11.4. The fourth-order valence-electron chi connectivity index (χ4n) is 5.05. The lowest BCUT2D eigenvalue weighted by Gasteiger charge is -2.26. The third kappa shape index (κ3) is 3.77. The zero-order valence-corrected chi connectivity index (χ0v) is 19.0. The van der Waals surface area contributed by atoms with Crippen LogP contribution in [0, 0.1) is 5.92 Å². The molecular formula is C27H24N6O2. The number of carboxylic acids is 1. The summed E-state index contributed by atoms with van der Waals surface area (Å²) in [5.41, 5.74) is 11.4. The summed E-state index contributed by atoms with van der Waals surface area (Å²) in [4.78, 5) is 25.0. The van der Waals surface area contributed by atoms with Gasteiger partial charge < -0.3 is 10.8 Å². The number of aliphatic carboxylic acids is 1. The predicted octanol–water partition coefficient (Wildman–Crippen LogP) is 5.11. The van der Waals surface area contributed by atoms with E-state index in [1.165, 1.54) is 6.33 Å². The highest BCUT2D eigenvalue weighted by Gasteiger charge is 2.29. The standard InChI is InChI=1S/C27H24N6O2/c28-25-23-24(32-33(26(23)30-15-29-25)20-11-8-18(9-12-20)27(34)35)19-7-6-17-10-13-21(31-22(17)14-19)16-4-2-1-3-5-16/h1-7,10,13-15,18,20H,8-9,11-12H2,(H,34,35)(H2,28,29,30). The Balaban J connectivity index is 1.44. The molecule has 1 aliphatic carbocycles. The Kier molecular flexibility index (Phi) is 5.13. The van der Waals surface area contributed by atoms with Crippen LogP contribution < -0.4 is 5.73 Å². The van der Waals surface area contributed by atoms with Crippen LogP contribution in [0.5, 0.6) is 0 Å². The maximum Gasteiger partial charge on any atom is 0.306 e. The maximum absolute atomic E-state index is 11.4. The molecule has 6 rings (SSSR count). The number of nitrogen functional groups attached to an aromatic ring is 1. The van der Waals surface area contributed by atoms with Crippen LogP contribution in [0.25, 0.3) is 44.5 Å². The molecule has 1 saturated carbocycles. The second-order valence-corrected chi connectivity index (χ2v) is 9.06. The lowest BCUT2D eigenvalue weighted by Crippen LogP contribution is -2.24. The van der Waals surface area contributed by atoms with E-state index in [9.17, 15) is 9.90 Å². The van der Waals surface area contributed by atoms with Gasteiger partial charge in [0.15, 0.2) is 5.65 Å². The van der Waals surface area contributed by atoms with Crippen molar-refractivity contribution < 1.29 is 9.90 Å². The smallest absolute Gasteiger partial charge is 0.306 e. The molecule has 0 atom stereocenters. The van der Waals surface area contributed by atoms with Gasteiger partial charge in [-0.1, -0.05) is 48.5 Å². The van der Waals surface area contributed by atoms with Crippen LogP contribution >= 0.6 is 0 Å². The minimum absolute atomic E-state index is 0.0689. The Labute approximate surface area is 201 Å². The Hall–Kier alpha value is -4.33. The molecule has 1 aliphatic rings. The number of hydrogen-bond donors (Lipinski definition) is 2. The molecule has 0 bridgehead atoms. The van der Waals surface area contributed by atoms with Crippen molar-refractivity contribution >= 4 is 33.7 Å². The third-order valence-corrected chi connectivity index (χ3v) is 6.95. The number of nitrogens with two attached hydrogens (primary N) is 1. The van der Waals surface area contributed by atoms with Crippen molar-refractivity contribution in [2.75, 3.05) is 5.73 Å². The zero-order valence-electron chi connectivity index (χ0n) is 19.0. The first kappa shape index (κ1) is 21.2. The molecular weight excluding hydrogens is 440 g/mol. The fourth-order valence-corrected chi connectivity index (χ4v) is 5.05. The highest BCUT2D eigenvalue weighted by Crippen LogP contribution is 2.38. The van der Waals surface area contributed by atoms with Crippen LogP contribution in [0.3, 0.4) is 0 Å². The van der Waals surface area contributed by atoms with Crippen molar-refractivity contribution in [2.24, 2.45) is 5.92 Å². The topological polar surface area (TPSA) is 120 Å². The minimum atomic E-state index is -0.723. The lowest BCUT2D eigenvalue weighted by molar-refractivity contribution is -0.143. The van der Waals surface area contributed by atoms with Gasteiger partial charge in [0.2, 0.25) is 0 Å². The van der Waals surface area contributed by atoms with Gasteiger partial charge in [0.25, 0.3) is 0 Å². The number of rotatable bonds is 4. The predicted molar refractivity (Wildman–Crippen MR) is 135 cm³/mol. The van der Waals surface area contributed by atoms with E-state index >= 15 is 0 Å². The zero-order chi connectivity index (χ0) is 23.9. The molecule has 0 saturated heterocycles. The molecule has 0 spiro atoms. The number of pyridine rings is 1. The van der Waals surface area contributed by atoms with E-state index in [2.05, 4.69) is 16.0 Å². The van der Waals surface area contributed by atoms with Gasteiger partial charge in [0.1, 0.15) is 17.8 Å². The fraction of sp³-hybridized carbons (Fsp3) is 0.222. The monoisotopic (exact) mass is 464 g/mol. The van der Waals surface area contributed by atoms with Crippen LogP contribution in [-0.4, -0.2) is 35.8 Å². The van der Waals surface area contributed by atoms with Gasteiger partial charge in [0.05, 0.1) is 28.6 Å². The molecule has 8 heteroatoms. The number of benzene rings is 2. The first-order valence-electron chi connectivity index (χ1n) is 11.8. The Morgan fingerprint density at radius 3 is 2.49 bits per heavy atom. The quantitative estimate of drug-likeness (QED) is 0.379. The largest absolute Gasteiger partial charge is 0.481 e. The van der Waals surface area contributed by atoms with E-state index < -0.39 is 5.97 Å². The second kappa shape index (κ2) is 8.47. The average molecular weight is 465 g/mol. The molecule has 3 heterocycles. The SMILES string of the molecule is Nc1ncnc2c1c(-c1ccc3ccc(-c4ccccc4)nc3c1)nn2C1CCC(C(=O)O)CC1. The molecule has 0 unspecified atom stereocenters. The lowest BCUT2D eigenvalue weighted by atomic mass is 9.86. The Morgan fingerprint density at radius 2 is 1.71 bits per heavy atom. The van der Waals surface area contributed by atoms with E-state index in [0.29, 0.717) is 35.4 Å². The average Bonchev–Trinajstić information content (AvgIpc) is 3.30. The number of fused-ring (bicyclic) bond motifs is 2. The van der Waals surface area contributed by atoms with E-state index in [1.807, 2.05) is 59.3 Å². The van der Waals surface area contributed by atoms with Gasteiger partial charge in [-0.15, -0.1) is 0 Å².